The fourth-order valence-electron chi connectivity index (χ4n) is 0.757. The maximum atomic E-state index is 8.34. The van der Waals surface area contributed by atoms with Crippen molar-refractivity contribution < 1.29 is 0 Å². The second kappa shape index (κ2) is 6.83. The first-order chi connectivity index (χ1) is 5.35. The number of rotatable bonds is 4. The van der Waals surface area contributed by atoms with Crippen LogP contribution in [0.1, 0.15) is 32.6 Å². The molecule has 0 aliphatic heterocycles. The third-order valence-corrected chi connectivity index (χ3v) is 1.40. The van der Waals surface area contributed by atoms with Crippen molar-refractivity contribution in [3.05, 3.63) is 11.6 Å². The lowest BCUT2D eigenvalue weighted by Crippen LogP contribution is -1.75. The number of nitrogens with zero attached hydrogens (tertiary/aromatic N) is 2. The summed E-state index contributed by atoms with van der Waals surface area (Å²) in [6.07, 6.45) is 5.96. The zero-order chi connectivity index (χ0) is 8.53. The molecule has 11 heavy (non-hydrogen) atoms. The normalized spacial score (nSPS) is 7.91. The highest BCUT2D eigenvalue weighted by Crippen LogP contribution is 2.02. The molecule has 0 heterocycles. The molecule has 2 heteroatoms. The van der Waals surface area contributed by atoms with Crippen molar-refractivity contribution in [1.82, 2.24) is 0 Å². The highest BCUT2D eigenvalue weighted by Gasteiger charge is 1.89. The van der Waals surface area contributed by atoms with Gasteiger partial charge in [-0.25, -0.2) is 0 Å². The summed E-state index contributed by atoms with van der Waals surface area (Å²) in [4.78, 5) is 0. The van der Waals surface area contributed by atoms with Crippen LogP contribution in [0.3, 0.4) is 0 Å². The van der Waals surface area contributed by atoms with Crippen LogP contribution >= 0.6 is 0 Å². The van der Waals surface area contributed by atoms with Gasteiger partial charge in [-0.3, -0.25) is 0 Å². The van der Waals surface area contributed by atoms with E-state index >= 15 is 0 Å². The first-order valence-electron chi connectivity index (χ1n) is 3.85. The Balaban J connectivity index is 3.58. The summed E-state index contributed by atoms with van der Waals surface area (Å²) < 4.78 is 0. The Bertz CT molecular complexity index is 187. The third-order valence-electron chi connectivity index (χ3n) is 1.40. The highest BCUT2D eigenvalue weighted by atomic mass is 14.3. The van der Waals surface area contributed by atoms with E-state index in [4.69, 9.17) is 10.5 Å². The highest BCUT2D eigenvalue weighted by molar-refractivity contribution is 5.34. The zero-order valence-electron chi connectivity index (χ0n) is 6.80. The van der Waals surface area contributed by atoms with Crippen molar-refractivity contribution in [1.29, 1.82) is 10.5 Å². The molecule has 0 aromatic carbocycles. The molecule has 0 amide bonds. The molecule has 0 bridgehead atoms. The molecule has 0 unspecified atom stereocenters. The minimum atomic E-state index is 0.237. The molecule has 0 aromatic heterocycles. The molecule has 0 saturated heterocycles. The van der Waals surface area contributed by atoms with Crippen LogP contribution in [0.15, 0.2) is 11.6 Å². The SMILES string of the molecule is CCCCCC=C(C#N)C#N. The van der Waals surface area contributed by atoms with Crippen LogP contribution in [0, 0.1) is 22.7 Å². The standard InChI is InChI=1S/C9H12N2/c1-2-3-4-5-6-9(7-10)8-11/h6H,2-5H2,1H3. The minimum Gasteiger partial charge on any atom is -0.192 e. The number of hydrogen-bond donors (Lipinski definition) is 0. The predicted octanol–water partition coefficient (Wildman–Crippen LogP) is 2.54. The minimum absolute atomic E-state index is 0.237. The average molecular weight is 148 g/mol. The second-order valence-corrected chi connectivity index (χ2v) is 2.34. The van der Waals surface area contributed by atoms with Gasteiger partial charge in [-0.15, -0.1) is 0 Å². The molecule has 0 aliphatic carbocycles. The summed E-state index contributed by atoms with van der Waals surface area (Å²) in [6.45, 7) is 2.12. The third kappa shape index (κ3) is 5.18. The molecule has 0 atom stereocenters. The Morgan fingerprint density at radius 2 is 1.91 bits per heavy atom. The molecule has 0 spiro atoms. The van der Waals surface area contributed by atoms with Gasteiger partial charge in [-0.05, 0) is 12.8 Å². The molecule has 0 N–H and O–H groups in total. The number of nitriles is 2. The summed E-state index contributed by atoms with van der Waals surface area (Å²) in [7, 11) is 0. The van der Waals surface area contributed by atoms with Crippen molar-refractivity contribution >= 4 is 0 Å². The van der Waals surface area contributed by atoms with Gasteiger partial charge in [0.2, 0.25) is 0 Å². The van der Waals surface area contributed by atoms with Crippen LogP contribution < -0.4 is 0 Å². The molecule has 0 aliphatic rings. The van der Waals surface area contributed by atoms with Gasteiger partial charge < -0.3 is 0 Å². The van der Waals surface area contributed by atoms with Crippen molar-refractivity contribution in [2.45, 2.75) is 32.6 Å². The molecule has 0 rings (SSSR count). The van der Waals surface area contributed by atoms with Gasteiger partial charge in [0, 0.05) is 0 Å². The summed E-state index contributed by atoms with van der Waals surface area (Å²) >= 11 is 0. The van der Waals surface area contributed by atoms with E-state index in [1.54, 1.807) is 6.08 Å². The van der Waals surface area contributed by atoms with E-state index in [1.165, 1.54) is 12.8 Å². The van der Waals surface area contributed by atoms with Gasteiger partial charge in [0.05, 0.1) is 0 Å². The molecule has 0 aromatic rings. The largest absolute Gasteiger partial charge is 0.192 e. The van der Waals surface area contributed by atoms with Gasteiger partial charge in [0.25, 0.3) is 0 Å². The fourth-order valence-corrected chi connectivity index (χ4v) is 0.757. The van der Waals surface area contributed by atoms with Gasteiger partial charge in [0.1, 0.15) is 17.7 Å². The van der Waals surface area contributed by atoms with Gasteiger partial charge in [-0.1, -0.05) is 25.8 Å². The first kappa shape index (κ1) is 9.72. The van der Waals surface area contributed by atoms with E-state index in [0.717, 1.165) is 12.8 Å². The van der Waals surface area contributed by atoms with Gasteiger partial charge in [-0.2, -0.15) is 10.5 Å². The zero-order valence-corrected chi connectivity index (χ0v) is 6.80. The second-order valence-electron chi connectivity index (χ2n) is 2.34. The van der Waals surface area contributed by atoms with Crippen LogP contribution in [-0.2, 0) is 0 Å². The van der Waals surface area contributed by atoms with Crippen LogP contribution in [0.4, 0.5) is 0 Å². The van der Waals surface area contributed by atoms with E-state index in [-0.39, 0.29) is 5.57 Å². The Morgan fingerprint density at radius 3 is 2.36 bits per heavy atom. The van der Waals surface area contributed by atoms with Gasteiger partial charge in [0.15, 0.2) is 0 Å². The molecular weight excluding hydrogens is 136 g/mol. The fraction of sp³-hybridized carbons (Fsp3) is 0.556. The summed E-state index contributed by atoms with van der Waals surface area (Å²) in [5, 5.41) is 16.7. The quantitative estimate of drug-likeness (QED) is 0.454. The van der Waals surface area contributed by atoms with Crippen molar-refractivity contribution in [3.63, 3.8) is 0 Å². The Hall–Kier alpha value is -1.28. The van der Waals surface area contributed by atoms with E-state index in [1.807, 2.05) is 12.1 Å². The summed E-state index contributed by atoms with van der Waals surface area (Å²) in [5.41, 5.74) is 0.237. The van der Waals surface area contributed by atoms with E-state index < -0.39 is 0 Å². The predicted molar refractivity (Wildman–Crippen MR) is 43.5 cm³/mol. The van der Waals surface area contributed by atoms with E-state index in [0.29, 0.717) is 0 Å². The Labute approximate surface area is 67.8 Å². The lowest BCUT2D eigenvalue weighted by atomic mass is 10.1. The van der Waals surface area contributed by atoms with Crippen LogP contribution in [0.5, 0.6) is 0 Å². The first-order valence-corrected chi connectivity index (χ1v) is 3.85. The lowest BCUT2D eigenvalue weighted by Gasteiger charge is -1.90. The van der Waals surface area contributed by atoms with Crippen LogP contribution in [-0.4, -0.2) is 0 Å². The average Bonchev–Trinajstić information content (AvgIpc) is 2.05. The van der Waals surface area contributed by atoms with Crippen LogP contribution in [0.25, 0.3) is 0 Å². The summed E-state index contributed by atoms with van der Waals surface area (Å²) in [5.74, 6) is 0. The Morgan fingerprint density at radius 1 is 1.27 bits per heavy atom. The molecule has 2 nitrogen and oxygen atoms in total. The van der Waals surface area contributed by atoms with Crippen molar-refractivity contribution in [3.8, 4) is 12.1 Å². The molecule has 58 valence electrons. The van der Waals surface area contributed by atoms with E-state index in [2.05, 4.69) is 6.92 Å². The Kier molecular flexibility index (Phi) is 6.04. The van der Waals surface area contributed by atoms with Crippen molar-refractivity contribution in [2.75, 3.05) is 0 Å². The maximum Gasteiger partial charge on any atom is 0.125 e. The maximum absolute atomic E-state index is 8.34. The molecule has 0 saturated carbocycles. The monoisotopic (exact) mass is 148 g/mol. The number of allylic oxidation sites excluding steroid dienone is 2. The molecule has 0 fully saturated rings. The van der Waals surface area contributed by atoms with Crippen molar-refractivity contribution in [2.24, 2.45) is 0 Å². The number of hydrogen-bond acceptors (Lipinski definition) is 2. The molecular formula is C9H12N2. The number of unbranched alkanes of at least 4 members (excludes halogenated alkanes) is 3. The van der Waals surface area contributed by atoms with E-state index in [9.17, 15) is 0 Å². The smallest absolute Gasteiger partial charge is 0.125 e. The topological polar surface area (TPSA) is 47.6 Å². The summed E-state index contributed by atoms with van der Waals surface area (Å²) in [6, 6.07) is 3.66. The van der Waals surface area contributed by atoms with Gasteiger partial charge >= 0.3 is 0 Å². The lowest BCUT2D eigenvalue weighted by molar-refractivity contribution is 0.728. The van der Waals surface area contributed by atoms with Crippen LogP contribution in [0.2, 0.25) is 0 Å². The molecule has 0 radical (unpaired) electrons.